The van der Waals surface area contributed by atoms with Crippen molar-refractivity contribution < 1.29 is 32.2 Å². The van der Waals surface area contributed by atoms with Crippen molar-refractivity contribution in [3.05, 3.63) is 78.0 Å². The number of amides is 2. The Morgan fingerprint density at radius 3 is 2.42 bits per heavy atom. The number of nitrogen functional groups attached to an aromatic ring is 1. The summed E-state index contributed by atoms with van der Waals surface area (Å²) in [6, 6.07) is 16.6. The molecule has 1 atom stereocenters. The van der Waals surface area contributed by atoms with E-state index in [1.165, 1.54) is 25.1 Å². The number of carbonyl (C=O) groups excluding carboxylic acids is 2. The second-order valence-electron chi connectivity index (χ2n) is 10.5. The van der Waals surface area contributed by atoms with Gasteiger partial charge >= 0.3 is 0 Å². The minimum atomic E-state index is -3.64. The van der Waals surface area contributed by atoms with E-state index in [-0.39, 0.29) is 29.2 Å². The Bertz CT molecular complexity index is 1810. The molecule has 0 fully saturated rings. The zero-order valence-corrected chi connectivity index (χ0v) is 26.7. The summed E-state index contributed by atoms with van der Waals surface area (Å²) in [5.74, 6) is 0.757. The topological polar surface area (TPSA) is 159 Å². The maximum atomic E-state index is 13.9. The summed E-state index contributed by atoms with van der Waals surface area (Å²) in [5.41, 5.74) is 7.22. The fourth-order valence-electron chi connectivity index (χ4n) is 4.70. The normalized spacial score (nSPS) is 12.0. The molecule has 3 aromatic carbocycles. The van der Waals surface area contributed by atoms with Crippen molar-refractivity contribution in [1.29, 1.82) is 0 Å². The molecule has 0 radical (unpaired) electrons. The highest BCUT2D eigenvalue weighted by molar-refractivity contribution is 7.91. The third-order valence-electron chi connectivity index (χ3n) is 6.74. The summed E-state index contributed by atoms with van der Waals surface area (Å²) >= 11 is 0. The van der Waals surface area contributed by atoms with Crippen molar-refractivity contribution in [2.45, 2.75) is 58.3 Å². The third-order valence-corrected chi connectivity index (χ3v) is 8.57. The minimum Gasteiger partial charge on any atom is -0.490 e. The average molecular weight is 635 g/mol. The Hall–Kier alpha value is -4.84. The molecule has 0 spiro atoms. The van der Waals surface area contributed by atoms with Crippen LogP contribution in [0.25, 0.3) is 10.8 Å². The van der Waals surface area contributed by atoms with E-state index in [0.717, 1.165) is 10.8 Å². The minimum absolute atomic E-state index is 0.0615. The van der Waals surface area contributed by atoms with Gasteiger partial charge in [0.2, 0.25) is 12.0 Å². The van der Waals surface area contributed by atoms with Crippen molar-refractivity contribution in [1.82, 2.24) is 10.3 Å². The smallest absolute Gasteiger partial charge is 0.266 e. The monoisotopic (exact) mass is 634 g/mol. The standard InChI is InChI=1S/C33H38N4O7S/c1-6-42-29-18-23(8-12-28(29)43-20(3)4)31(44-26-10-11-27-22(17-26)14-15-35-32(27)34)33(39)36-19-24-16-25(37-21(5)38)9-13-30(24)45(40,41)7-2/h8-18,20,31H,6-7,19H2,1-5H3,(H2,34,35)(H,36,39)(H,37,38). The molecule has 45 heavy (non-hydrogen) atoms. The second kappa shape index (κ2) is 14.3. The zero-order valence-electron chi connectivity index (χ0n) is 25.9. The quantitative estimate of drug-likeness (QED) is 0.180. The summed E-state index contributed by atoms with van der Waals surface area (Å²) < 4.78 is 43.8. The Kier molecular flexibility index (Phi) is 10.5. The summed E-state index contributed by atoms with van der Waals surface area (Å²) in [7, 11) is -3.64. The number of aromatic nitrogens is 1. The number of carbonyl (C=O) groups is 2. The molecule has 0 aliphatic heterocycles. The van der Waals surface area contributed by atoms with Crippen LogP contribution in [0.5, 0.6) is 17.2 Å². The van der Waals surface area contributed by atoms with Gasteiger partial charge in [0.1, 0.15) is 11.6 Å². The maximum absolute atomic E-state index is 13.9. The molecule has 12 heteroatoms. The Labute approximate surface area is 263 Å². The fourth-order valence-corrected chi connectivity index (χ4v) is 5.82. The van der Waals surface area contributed by atoms with Gasteiger partial charge in [-0.1, -0.05) is 13.0 Å². The van der Waals surface area contributed by atoms with Crippen molar-refractivity contribution in [3.8, 4) is 17.2 Å². The van der Waals surface area contributed by atoms with Crippen LogP contribution in [0.4, 0.5) is 11.5 Å². The number of fused-ring (bicyclic) bond motifs is 1. The highest BCUT2D eigenvalue weighted by Crippen LogP contribution is 2.34. The van der Waals surface area contributed by atoms with Gasteiger partial charge < -0.3 is 30.6 Å². The van der Waals surface area contributed by atoms with Gasteiger partial charge in [-0.25, -0.2) is 13.4 Å². The number of hydrogen-bond acceptors (Lipinski definition) is 9. The zero-order chi connectivity index (χ0) is 32.7. The van der Waals surface area contributed by atoms with E-state index in [4.69, 9.17) is 19.9 Å². The molecule has 238 valence electrons. The van der Waals surface area contributed by atoms with Crippen molar-refractivity contribution >= 4 is 43.9 Å². The molecule has 0 aliphatic carbocycles. The molecular formula is C33H38N4O7S. The third kappa shape index (κ3) is 8.21. The van der Waals surface area contributed by atoms with Crippen LogP contribution < -0.4 is 30.6 Å². The largest absolute Gasteiger partial charge is 0.490 e. The second-order valence-corrected chi connectivity index (χ2v) is 12.8. The first kappa shape index (κ1) is 33.1. The van der Waals surface area contributed by atoms with E-state index in [0.29, 0.717) is 46.5 Å². The van der Waals surface area contributed by atoms with E-state index < -0.39 is 21.8 Å². The van der Waals surface area contributed by atoms with Crippen LogP contribution >= 0.6 is 0 Å². The van der Waals surface area contributed by atoms with Gasteiger partial charge in [-0.15, -0.1) is 0 Å². The highest BCUT2D eigenvalue weighted by Gasteiger charge is 2.26. The van der Waals surface area contributed by atoms with Gasteiger partial charge in [-0.3, -0.25) is 9.59 Å². The summed E-state index contributed by atoms with van der Waals surface area (Å²) in [6.45, 7) is 8.77. The molecule has 4 rings (SSSR count). The number of rotatable bonds is 13. The van der Waals surface area contributed by atoms with Crippen LogP contribution in [0.3, 0.4) is 0 Å². The molecule has 1 aromatic heterocycles. The lowest BCUT2D eigenvalue weighted by Gasteiger charge is -2.22. The van der Waals surface area contributed by atoms with Crippen LogP contribution in [0.2, 0.25) is 0 Å². The predicted molar refractivity (Wildman–Crippen MR) is 173 cm³/mol. The Morgan fingerprint density at radius 1 is 0.956 bits per heavy atom. The van der Waals surface area contributed by atoms with Crippen molar-refractivity contribution in [2.75, 3.05) is 23.4 Å². The SMILES string of the molecule is CCOc1cc(C(Oc2ccc3c(N)nccc3c2)C(=O)NCc2cc(NC(C)=O)ccc2S(=O)(=O)CC)ccc1OC(C)C. The molecule has 4 aromatic rings. The van der Waals surface area contributed by atoms with E-state index >= 15 is 0 Å². The summed E-state index contributed by atoms with van der Waals surface area (Å²) in [4.78, 5) is 29.7. The first-order valence-corrected chi connectivity index (χ1v) is 16.2. The number of benzene rings is 3. The average Bonchev–Trinajstić information content (AvgIpc) is 2.99. The molecule has 4 N–H and O–H groups in total. The molecule has 0 saturated carbocycles. The van der Waals surface area contributed by atoms with E-state index in [9.17, 15) is 18.0 Å². The number of nitrogens with one attached hydrogen (secondary N) is 2. The molecule has 11 nitrogen and oxygen atoms in total. The number of anilines is 2. The molecule has 0 aliphatic rings. The molecule has 2 amide bonds. The molecule has 1 heterocycles. The van der Waals surface area contributed by atoms with Gasteiger partial charge in [0.05, 0.1) is 23.4 Å². The molecular weight excluding hydrogens is 596 g/mol. The number of sulfone groups is 1. The van der Waals surface area contributed by atoms with Crippen LogP contribution in [0, 0.1) is 0 Å². The number of ether oxygens (including phenoxy) is 3. The first-order chi connectivity index (χ1) is 21.4. The van der Waals surface area contributed by atoms with Gasteiger partial charge in [0.25, 0.3) is 5.91 Å². The summed E-state index contributed by atoms with van der Waals surface area (Å²) in [5, 5.41) is 7.01. The van der Waals surface area contributed by atoms with Crippen molar-refractivity contribution in [2.24, 2.45) is 0 Å². The summed E-state index contributed by atoms with van der Waals surface area (Å²) in [6.07, 6.45) is 0.315. The van der Waals surface area contributed by atoms with Crippen molar-refractivity contribution in [3.63, 3.8) is 0 Å². The van der Waals surface area contributed by atoms with Gasteiger partial charge in [-0.05, 0) is 86.3 Å². The maximum Gasteiger partial charge on any atom is 0.266 e. The lowest BCUT2D eigenvalue weighted by molar-refractivity contribution is -0.128. The predicted octanol–water partition coefficient (Wildman–Crippen LogP) is 5.19. The molecule has 0 bridgehead atoms. The number of nitrogens with zero attached hydrogens (tertiary/aromatic N) is 1. The Morgan fingerprint density at radius 2 is 1.73 bits per heavy atom. The van der Waals surface area contributed by atoms with Gasteiger partial charge in [-0.2, -0.15) is 0 Å². The first-order valence-electron chi connectivity index (χ1n) is 14.6. The number of hydrogen-bond donors (Lipinski definition) is 3. The Balaban J connectivity index is 1.72. The number of pyridine rings is 1. The lowest BCUT2D eigenvalue weighted by Crippen LogP contribution is -2.32. The van der Waals surface area contributed by atoms with Crippen LogP contribution in [0.1, 0.15) is 51.8 Å². The number of nitrogens with two attached hydrogens (primary N) is 1. The van der Waals surface area contributed by atoms with Crippen LogP contribution in [-0.2, 0) is 26.0 Å². The van der Waals surface area contributed by atoms with Gasteiger partial charge in [0.15, 0.2) is 21.3 Å². The van der Waals surface area contributed by atoms with E-state index in [1.807, 2.05) is 20.8 Å². The van der Waals surface area contributed by atoms with Crippen LogP contribution in [0.15, 0.2) is 71.8 Å². The van der Waals surface area contributed by atoms with Gasteiger partial charge in [0, 0.05) is 36.3 Å². The van der Waals surface area contributed by atoms with E-state index in [1.54, 1.807) is 55.6 Å². The van der Waals surface area contributed by atoms with Crippen LogP contribution in [-0.4, -0.2) is 43.7 Å². The highest BCUT2D eigenvalue weighted by atomic mass is 32.2. The fraction of sp³-hybridized carbons (Fsp3) is 0.303. The molecule has 0 saturated heterocycles. The van der Waals surface area contributed by atoms with E-state index in [2.05, 4.69) is 15.6 Å². The molecule has 1 unspecified atom stereocenters. The lowest BCUT2D eigenvalue weighted by atomic mass is 10.1.